The van der Waals surface area contributed by atoms with Gasteiger partial charge in [0.15, 0.2) is 0 Å². The number of aliphatic imine (C=N–C) groups is 1. The molecule has 35 heavy (non-hydrogen) atoms. The van der Waals surface area contributed by atoms with Crippen LogP contribution in [0.2, 0.25) is 0 Å². The van der Waals surface area contributed by atoms with E-state index in [0.29, 0.717) is 17.5 Å². The maximum absolute atomic E-state index is 14.6. The van der Waals surface area contributed by atoms with Crippen molar-refractivity contribution < 1.29 is 31.8 Å². The van der Waals surface area contributed by atoms with E-state index in [-0.39, 0.29) is 51.8 Å². The third kappa shape index (κ3) is 5.47. The second-order valence-electron chi connectivity index (χ2n) is 7.73. The van der Waals surface area contributed by atoms with Crippen molar-refractivity contribution in [3.8, 4) is 5.75 Å². The fourth-order valence-electron chi connectivity index (χ4n) is 3.83. The molecule has 0 spiro atoms. The molecule has 0 radical (unpaired) electrons. The number of fused-ring (bicyclic) bond motifs is 3. The molecule has 0 heterocycles. The van der Waals surface area contributed by atoms with E-state index in [1.54, 1.807) is 24.3 Å². The molecule has 0 aromatic heterocycles. The Bertz CT molecular complexity index is 1410. The summed E-state index contributed by atoms with van der Waals surface area (Å²) in [6.45, 7) is 0. The molecule has 0 aliphatic rings. The van der Waals surface area contributed by atoms with Gasteiger partial charge < -0.3 is 15.6 Å². The van der Waals surface area contributed by atoms with E-state index < -0.39 is 29.5 Å². The minimum atomic E-state index is -4.66. The third-order valence-corrected chi connectivity index (χ3v) is 5.45. The van der Waals surface area contributed by atoms with Crippen molar-refractivity contribution in [3.63, 3.8) is 0 Å². The van der Waals surface area contributed by atoms with Gasteiger partial charge in [0.2, 0.25) is 0 Å². The largest absolute Gasteiger partial charge is 0.497 e. The standard InChI is InChI=1S/C25H19F5N2O2.ClH/c1-34-16-5-3-15(4-6-16)32-24(31)12-23(33)21-11-20-19(9-14(26)10-22(20)27)18-8-13(25(28,29)30)2-7-17(18)21;/h2-11,23,33H,12H2,1H3,(H2,31,32);1H. The first kappa shape index (κ1) is 26.2. The second-order valence-corrected chi connectivity index (χ2v) is 7.73. The molecule has 10 heteroatoms. The molecule has 3 N–H and O–H groups in total. The van der Waals surface area contributed by atoms with Crippen molar-refractivity contribution in [1.82, 2.24) is 0 Å². The van der Waals surface area contributed by atoms with Gasteiger partial charge in [0.05, 0.1) is 24.5 Å². The van der Waals surface area contributed by atoms with Crippen LogP contribution >= 0.6 is 12.4 Å². The summed E-state index contributed by atoms with van der Waals surface area (Å²) in [7, 11) is 1.52. The van der Waals surface area contributed by atoms with Crippen molar-refractivity contribution in [2.24, 2.45) is 10.7 Å². The van der Waals surface area contributed by atoms with Crippen LogP contribution in [0.5, 0.6) is 5.75 Å². The van der Waals surface area contributed by atoms with Gasteiger partial charge in [-0.2, -0.15) is 13.2 Å². The Morgan fingerprint density at radius 1 is 0.943 bits per heavy atom. The lowest BCUT2D eigenvalue weighted by molar-refractivity contribution is -0.137. The summed E-state index contributed by atoms with van der Waals surface area (Å²) in [5, 5.41) is 10.9. The van der Waals surface area contributed by atoms with Gasteiger partial charge in [-0.15, -0.1) is 12.4 Å². The number of aliphatic hydroxyl groups is 1. The van der Waals surface area contributed by atoms with Crippen molar-refractivity contribution in [2.45, 2.75) is 18.7 Å². The molecule has 0 bridgehead atoms. The molecule has 0 amide bonds. The van der Waals surface area contributed by atoms with Crippen molar-refractivity contribution in [1.29, 1.82) is 0 Å². The molecule has 0 fully saturated rings. The summed E-state index contributed by atoms with van der Waals surface area (Å²) in [5.74, 6) is -1.20. The smallest absolute Gasteiger partial charge is 0.416 e. The zero-order valence-corrected chi connectivity index (χ0v) is 19.1. The number of halogens is 6. The van der Waals surface area contributed by atoms with Crippen LogP contribution in [-0.2, 0) is 6.18 Å². The van der Waals surface area contributed by atoms with Crippen LogP contribution in [0.15, 0.2) is 65.7 Å². The van der Waals surface area contributed by atoms with Crippen molar-refractivity contribution in [2.75, 3.05) is 7.11 Å². The summed E-state index contributed by atoms with van der Waals surface area (Å²) in [5.41, 5.74) is 5.67. The quantitative estimate of drug-likeness (QED) is 0.134. The van der Waals surface area contributed by atoms with Crippen LogP contribution in [0.1, 0.15) is 23.7 Å². The topological polar surface area (TPSA) is 67.8 Å². The number of benzene rings is 4. The number of nitrogens with zero attached hydrogens (tertiary/aromatic N) is 1. The number of amidine groups is 1. The van der Waals surface area contributed by atoms with Crippen LogP contribution < -0.4 is 10.5 Å². The maximum atomic E-state index is 14.6. The minimum absolute atomic E-state index is 0. The first-order valence-electron chi connectivity index (χ1n) is 10.1. The van der Waals surface area contributed by atoms with Gasteiger partial charge in [0.1, 0.15) is 23.2 Å². The highest BCUT2D eigenvalue weighted by Gasteiger charge is 2.31. The van der Waals surface area contributed by atoms with Crippen LogP contribution in [0.3, 0.4) is 0 Å². The molecular weight excluding hydrogens is 491 g/mol. The molecule has 0 saturated heterocycles. The summed E-state index contributed by atoms with van der Waals surface area (Å²) < 4.78 is 73.5. The highest BCUT2D eigenvalue weighted by molar-refractivity contribution is 6.09. The SMILES string of the molecule is COc1ccc(N=C(N)CC(O)c2cc3c(F)cc(F)cc3c3cc(C(F)(F)F)ccc23)cc1.Cl. The maximum Gasteiger partial charge on any atom is 0.416 e. The molecule has 1 atom stereocenters. The number of methoxy groups -OCH3 is 1. The lowest BCUT2D eigenvalue weighted by atomic mass is 9.92. The minimum Gasteiger partial charge on any atom is -0.497 e. The van der Waals surface area contributed by atoms with Crippen molar-refractivity contribution >= 4 is 45.5 Å². The van der Waals surface area contributed by atoms with Gasteiger partial charge in [-0.05, 0) is 70.3 Å². The Balaban J connectivity index is 0.00000342. The Labute approximate surface area is 203 Å². The molecule has 1 unspecified atom stereocenters. The number of nitrogens with two attached hydrogens (primary N) is 1. The highest BCUT2D eigenvalue weighted by atomic mass is 35.5. The Morgan fingerprint density at radius 2 is 1.60 bits per heavy atom. The zero-order chi connectivity index (χ0) is 24.6. The predicted octanol–water partition coefficient (Wildman–Crippen LogP) is 6.83. The van der Waals surface area contributed by atoms with Crippen LogP contribution in [0.25, 0.3) is 21.5 Å². The van der Waals surface area contributed by atoms with Gasteiger partial charge in [-0.1, -0.05) is 6.07 Å². The monoisotopic (exact) mass is 510 g/mol. The Hall–Kier alpha value is -3.43. The fourth-order valence-corrected chi connectivity index (χ4v) is 3.83. The Morgan fingerprint density at radius 3 is 2.23 bits per heavy atom. The van der Waals surface area contributed by atoms with Gasteiger partial charge in [-0.3, -0.25) is 0 Å². The fraction of sp³-hybridized carbons (Fsp3) is 0.160. The molecule has 4 rings (SSSR count). The summed E-state index contributed by atoms with van der Waals surface area (Å²) in [6.07, 6.45) is -6.14. The van der Waals surface area contributed by atoms with Crippen LogP contribution in [-0.4, -0.2) is 18.1 Å². The first-order valence-corrected chi connectivity index (χ1v) is 10.1. The van der Waals surface area contributed by atoms with E-state index in [0.717, 1.165) is 18.2 Å². The zero-order valence-electron chi connectivity index (χ0n) is 18.2. The van der Waals surface area contributed by atoms with E-state index in [9.17, 15) is 27.1 Å². The van der Waals surface area contributed by atoms with E-state index in [1.807, 2.05) is 0 Å². The van der Waals surface area contributed by atoms with Crippen molar-refractivity contribution in [3.05, 3.63) is 83.4 Å². The molecule has 0 aliphatic carbocycles. The molecule has 0 aliphatic heterocycles. The summed E-state index contributed by atoms with van der Waals surface area (Å²) in [6, 6.07) is 12.4. The molecule has 0 saturated carbocycles. The molecule has 4 nitrogen and oxygen atoms in total. The second kappa shape index (κ2) is 10.1. The molecule has 4 aromatic rings. The van der Waals surface area contributed by atoms with Crippen LogP contribution in [0, 0.1) is 11.6 Å². The van der Waals surface area contributed by atoms with Gasteiger partial charge in [0, 0.05) is 17.9 Å². The number of aliphatic hydroxyl groups excluding tert-OH is 1. The van der Waals surface area contributed by atoms with Gasteiger partial charge in [0.25, 0.3) is 0 Å². The third-order valence-electron chi connectivity index (χ3n) is 5.45. The molecule has 4 aromatic carbocycles. The number of ether oxygens (including phenoxy) is 1. The van der Waals surface area contributed by atoms with E-state index in [2.05, 4.69) is 4.99 Å². The predicted molar refractivity (Wildman–Crippen MR) is 127 cm³/mol. The normalized spacial score (nSPS) is 13.1. The number of alkyl halides is 3. The number of hydrogen-bond acceptors (Lipinski definition) is 3. The number of hydrogen-bond donors (Lipinski definition) is 2. The van der Waals surface area contributed by atoms with E-state index in [1.165, 1.54) is 19.2 Å². The van der Waals surface area contributed by atoms with E-state index in [4.69, 9.17) is 10.5 Å². The lowest BCUT2D eigenvalue weighted by Gasteiger charge is -2.17. The van der Waals surface area contributed by atoms with E-state index >= 15 is 0 Å². The highest BCUT2D eigenvalue weighted by Crippen LogP contribution is 2.38. The molecule has 184 valence electrons. The van der Waals surface area contributed by atoms with Crippen LogP contribution in [0.4, 0.5) is 27.6 Å². The molecular formula is C25H20ClF5N2O2. The first-order chi connectivity index (χ1) is 16.1. The number of rotatable bonds is 5. The average molecular weight is 511 g/mol. The average Bonchev–Trinajstić information content (AvgIpc) is 2.78. The Kier molecular flexibility index (Phi) is 7.52. The van der Waals surface area contributed by atoms with Gasteiger partial charge >= 0.3 is 6.18 Å². The van der Waals surface area contributed by atoms with Gasteiger partial charge in [-0.25, -0.2) is 13.8 Å². The summed E-state index contributed by atoms with van der Waals surface area (Å²) >= 11 is 0. The lowest BCUT2D eigenvalue weighted by Crippen LogP contribution is -2.16. The summed E-state index contributed by atoms with van der Waals surface area (Å²) in [4.78, 5) is 4.22.